The number of aromatic nitrogens is 2. The smallest absolute Gasteiger partial charge is 0.307 e. The van der Waals surface area contributed by atoms with E-state index in [0.29, 0.717) is 6.04 Å². The lowest BCUT2D eigenvalue weighted by Crippen LogP contribution is -2.32. The maximum Gasteiger partial charge on any atom is 0.323 e. The van der Waals surface area contributed by atoms with Crippen LogP contribution in [0.25, 0.3) is 11.0 Å². The van der Waals surface area contributed by atoms with Crippen LogP contribution in [-0.4, -0.2) is 28.0 Å². The van der Waals surface area contributed by atoms with Gasteiger partial charge in [0.25, 0.3) is 0 Å². The average molecular weight is 279 g/mol. The topological polar surface area (TPSA) is 60.7 Å². The van der Waals surface area contributed by atoms with Crippen LogP contribution >= 0.6 is 11.8 Å². The van der Waals surface area contributed by atoms with E-state index < -0.39 is 0 Å². The van der Waals surface area contributed by atoms with E-state index in [2.05, 4.69) is 41.5 Å². The van der Waals surface area contributed by atoms with Crippen molar-refractivity contribution in [3.8, 4) is 0 Å². The number of H-pyrrole nitrogens is 2. The third kappa shape index (κ3) is 3.42. The van der Waals surface area contributed by atoms with E-state index in [9.17, 15) is 4.79 Å². The Bertz CT molecular complexity index is 590. The molecule has 0 fully saturated rings. The Hall–Kier alpha value is -1.20. The number of thioether (sulfide) groups is 1. The molecule has 1 heterocycles. The molecule has 0 aliphatic carbocycles. The fraction of sp³-hybridized carbons (Fsp3) is 0.500. The van der Waals surface area contributed by atoms with Gasteiger partial charge in [-0.2, -0.15) is 11.8 Å². The highest BCUT2D eigenvalue weighted by atomic mass is 32.2. The predicted molar refractivity (Wildman–Crippen MR) is 82.9 cm³/mol. The number of hydrogen-bond acceptors (Lipinski definition) is 3. The summed E-state index contributed by atoms with van der Waals surface area (Å²) < 4.78 is 0. The van der Waals surface area contributed by atoms with Gasteiger partial charge in [-0.1, -0.05) is 13.0 Å². The maximum absolute atomic E-state index is 11.2. The lowest BCUT2D eigenvalue weighted by Gasteiger charge is -2.22. The van der Waals surface area contributed by atoms with Crippen LogP contribution in [0.15, 0.2) is 23.0 Å². The molecule has 0 aliphatic rings. The van der Waals surface area contributed by atoms with E-state index >= 15 is 0 Å². The number of benzene rings is 1. The van der Waals surface area contributed by atoms with Gasteiger partial charge in [-0.3, -0.25) is 0 Å². The molecule has 2 rings (SSSR count). The Balaban J connectivity index is 2.15. The summed E-state index contributed by atoms with van der Waals surface area (Å²) in [5.74, 6) is 1.12. The third-order valence-corrected chi connectivity index (χ3v) is 4.12. The molecule has 5 heteroatoms. The zero-order chi connectivity index (χ0) is 13.8. The van der Waals surface area contributed by atoms with Gasteiger partial charge in [-0.15, -0.1) is 0 Å². The van der Waals surface area contributed by atoms with Crippen LogP contribution in [0.5, 0.6) is 0 Å². The van der Waals surface area contributed by atoms with E-state index in [-0.39, 0.29) is 11.7 Å². The van der Waals surface area contributed by atoms with Gasteiger partial charge in [0.05, 0.1) is 11.0 Å². The molecular formula is C14H21N3OS. The lowest BCUT2D eigenvalue weighted by atomic mass is 10.1. The van der Waals surface area contributed by atoms with Gasteiger partial charge in [-0.05, 0) is 37.3 Å². The van der Waals surface area contributed by atoms with Gasteiger partial charge in [0, 0.05) is 17.8 Å². The van der Waals surface area contributed by atoms with Crippen molar-refractivity contribution in [3.63, 3.8) is 0 Å². The second kappa shape index (κ2) is 6.30. The number of imidazole rings is 1. The molecule has 0 radical (unpaired) electrons. The highest BCUT2D eigenvalue weighted by Gasteiger charge is 2.12. The summed E-state index contributed by atoms with van der Waals surface area (Å²) >= 11 is 1.86. The van der Waals surface area contributed by atoms with Crippen molar-refractivity contribution in [2.24, 2.45) is 0 Å². The monoisotopic (exact) mass is 279 g/mol. The Morgan fingerprint density at radius 2 is 2.05 bits per heavy atom. The van der Waals surface area contributed by atoms with Crippen molar-refractivity contribution in [2.45, 2.75) is 32.4 Å². The van der Waals surface area contributed by atoms with Crippen LogP contribution in [0.1, 0.15) is 31.9 Å². The highest BCUT2D eigenvalue weighted by molar-refractivity contribution is 7.98. The van der Waals surface area contributed by atoms with Crippen molar-refractivity contribution in [1.82, 2.24) is 15.3 Å². The summed E-state index contributed by atoms with van der Waals surface area (Å²) in [5.41, 5.74) is 2.77. The molecule has 19 heavy (non-hydrogen) atoms. The number of nitrogens with one attached hydrogen (secondary N) is 3. The molecule has 4 nitrogen and oxygen atoms in total. The second-order valence-corrected chi connectivity index (χ2v) is 5.74. The number of rotatable bonds is 6. The summed E-state index contributed by atoms with van der Waals surface area (Å²) in [5, 5.41) is 3.63. The molecule has 104 valence electrons. The van der Waals surface area contributed by atoms with Gasteiger partial charge in [0.1, 0.15) is 0 Å². The third-order valence-electron chi connectivity index (χ3n) is 3.39. The van der Waals surface area contributed by atoms with Crippen LogP contribution in [-0.2, 0) is 0 Å². The molecule has 1 aromatic heterocycles. The minimum absolute atomic E-state index is 0.151. The fourth-order valence-corrected chi connectivity index (χ4v) is 2.99. The molecule has 0 amide bonds. The zero-order valence-electron chi connectivity index (χ0n) is 11.6. The van der Waals surface area contributed by atoms with Crippen molar-refractivity contribution >= 4 is 22.8 Å². The lowest BCUT2D eigenvalue weighted by molar-refractivity contribution is 0.475. The number of fused-ring (bicyclic) bond motifs is 1. The van der Waals surface area contributed by atoms with Crippen molar-refractivity contribution in [1.29, 1.82) is 0 Å². The summed E-state index contributed by atoms with van der Waals surface area (Å²) in [7, 11) is 0. The molecule has 2 atom stereocenters. The minimum atomic E-state index is -0.151. The predicted octanol–water partition coefficient (Wildman–Crippen LogP) is 2.65. The van der Waals surface area contributed by atoms with Gasteiger partial charge >= 0.3 is 5.69 Å². The van der Waals surface area contributed by atoms with Crippen molar-refractivity contribution in [3.05, 3.63) is 34.2 Å². The Morgan fingerprint density at radius 3 is 2.74 bits per heavy atom. The van der Waals surface area contributed by atoms with Crippen LogP contribution < -0.4 is 11.0 Å². The zero-order valence-corrected chi connectivity index (χ0v) is 12.4. The maximum atomic E-state index is 11.2. The largest absolute Gasteiger partial charge is 0.323 e. The van der Waals surface area contributed by atoms with Gasteiger partial charge < -0.3 is 15.3 Å². The molecule has 0 aliphatic heterocycles. The first-order valence-electron chi connectivity index (χ1n) is 6.61. The molecule has 2 aromatic rings. The average Bonchev–Trinajstić information content (AvgIpc) is 2.76. The van der Waals surface area contributed by atoms with E-state index in [1.807, 2.05) is 23.9 Å². The van der Waals surface area contributed by atoms with Gasteiger partial charge in [0.15, 0.2) is 0 Å². The van der Waals surface area contributed by atoms with E-state index in [1.54, 1.807) is 0 Å². The SMILES string of the molecule is CCC(CSC)NC(C)c1ccc2[nH]c(=O)[nH]c2c1. The second-order valence-electron chi connectivity index (χ2n) is 4.83. The van der Waals surface area contributed by atoms with Gasteiger partial charge in [-0.25, -0.2) is 4.79 Å². The molecule has 0 spiro atoms. The van der Waals surface area contributed by atoms with Crippen LogP contribution in [0.4, 0.5) is 0 Å². The molecular weight excluding hydrogens is 258 g/mol. The quantitative estimate of drug-likeness (QED) is 0.762. The van der Waals surface area contributed by atoms with Crippen LogP contribution in [0.3, 0.4) is 0 Å². The Kier molecular flexibility index (Phi) is 4.71. The Morgan fingerprint density at radius 1 is 1.32 bits per heavy atom. The van der Waals surface area contributed by atoms with Crippen molar-refractivity contribution in [2.75, 3.05) is 12.0 Å². The molecule has 3 N–H and O–H groups in total. The van der Waals surface area contributed by atoms with E-state index in [1.165, 1.54) is 5.56 Å². The fourth-order valence-electron chi connectivity index (χ4n) is 2.25. The van der Waals surface area contributed by atoms with Crippen LogP contribution in [0, 0.1) is 0 Å². The van der Waals surface area contributed by atoms with E-state index in [0.717, 1.165) is 23.2 Å². The standard InChI is InChI=1S/C14H21N3OS/c1-4-11(8-19-3)15-9(2)10-5-6-12-13(7-10)17-14(18)16-12/h5-7,9,11,15H,4,8H2,1-3H3,(H2,16,17,18). The van der Waals surface area contributed by atoms with E-state index in [4.69, 9.17) is 0 Å². The van der Waals surface area contributed by atoms with Gasteiger partial charge in [0.2, 0.25) is 0 Å². The molecule has 0 saturated carbocycles. The first-order chi connectivity index (χ1) is 9.13. The molecule has 1 aromatic carbocycles. The first kappa shape index (κ1) is 14.2. The summed E-state index contributed by atoms with van der Waals surface area (Å²) in [6.07, 6.45) is 3.25. The van der Waals surface area contributed by atoms with Crippen molar-refractivity contribution < 1.29 is 0 Å². The molecule has 2 unspecified atom stereocenters. The summed E-state index contributed by atoms with van der Waals surface area (Å²) in [6, 6.07) is 6.86. The summed E-state index contributed by atoms with van der Waals surface area (Å²) in [4.78, 5) is 16.8. The number of hydrogen-bond donors (Lipinski definition) is 3. The molecule has 0 saturated heterocycles. The molecule has 0 bridgehead atoms. The first-order valence-corrected chi connectivity index (χ1v) is 8.00. The normalized spacial score (nSPS) is 14.7. The minimum Gasteiger partial charge on any atom is -0.307 e. The summed E-state index contributed by atoms with van der Waals surface area (Å²) in [6.45, 7) is 4.36. The highest BCUT2D eigenvalue weighted by Crippen LogP contribution is 2.18. The Labute approximate surface area is 117 Å². The number of aromatic amines is 2. The van der Waals surface area contributed by atoms with Crippen LogP contribution in [0.2, 0.25) is 0 Å².